The molecule has 3 N–H and O–H groups in total. The van der Waals surface area contributed by atoms with Crippen molar-refractivity contribution in [2.24, 2.45) is 10.8 Å². The third-order valence-electron chi connectivity index (χ3n) is 12.0. The van der Waals surface area contributed by atoms with Crippen molar-refractivity contribution in [3.63, 3.8) is 0 Å². The van der Waals surface area contributed by atoms with E-state index in [-0.39, 0.29) is 64.8 Å². The Kier molecular flexibility index (Phi) is 30.8. The number of fused-ring (bicyclic) bond motifs is 2. The molecule has 2 aromatic carbocycles. The van der Waals surface area contributed by atoms with E-state index >= 15 is 0 Å². The predicted molar refractivity (Wildman–Crippen MR) is 289 cm³/mol. The number of esters is 4. The Morgan fingerprint density at radius 3 is 1.38 bits per heavy atom. The molecule has 1 radical (unpaired) electrons. The smallest absolute Gasteiger partial charge is 1.00 e. The molecule has 26 heteroatoms. The number of carbonyl (C=O) groups is 5. The summed E-state index contributed by atoms with van der Waals surface area (Å²) < 4.78 is 101. The minimum Gasteiger partial charge on any atom is 1.00 e. The minimum atomic E-state index is -4.32. The van der Waals surface area contributed by atoms with Gasteiger partial charge in [-0.2, -0.15) is 33.3 Å². The van der Waals surface area contributed by atoms with Gasteiger partial charge in [-0.15, -0.1) is 35.1 Å². The maximum Gasteiger partial charge on any atom is 1.00 e. The molecule has 78 heavy (non-hydrogen) atoms. The molecule has 8 rings (SSSR count). The fourth-order valence-corrected chi connectivity index (χ4v) is 9.86. The van der Waals surface area contributed by atoms with Gasteiger partial charge in [0.15, 0.2) is 0 Å². The Bertz CT molecular complexity index is 2540. The first-order valence-electron chi connectivity index (χ1n) is 24.2. The second-order valence-electron chi connectivity index (χ2n) is 20.2. The van der Waals surface area contributed by atoms with E-state index < -0.39 is 52.0 Å². The van der Waals surface area contributed by atoms with Crippen LogP contribution in [0.15, 0.2) is 47.2 Å². The number of nitrogens with one attached hydrogen (secondary N) is 1. The van der Waals surface area contributed by atoms with Gasteiger partial charge in [0.25, 0.3) is 0 Å². The average molecular weight is 1170 g/mol. The summed E-state index contributed by atoms with van der Waals surface area (Å²) in [5, 5.41) is 8.98. The predicted octanol–water partition coefficient (Wildman–Crippen LogP) is 6.89. The van der Waals surface area contributed by atoms with E-state index in [9.17, 15) is 50.3 Å². The fraction of sp³-hybridized carbons (Fsp3) is 0.577. The van der Waals surface area contributed by atoms with E-state index in [2.05, 4.69) is 32.5 Å². The van der Waals surface area contributed by atoms with Gasteiger partial charge in [-0.1, -0.05) is 12.1 Å². The van der Waals surface area contributed by atoms with Crippen LogP contribution in [-0.4, -0.2) is 125 Å². The topological polar surface area (TPSA) is 200 Å². The van der Waals surface area contributed by atoms with Crippen LogP contribution in [0.5, 0.6) is 0 Å². The zero-order chi connectivity index (χ0) is 56.6. The molecule has 4 aliphatic rings. The average Bonchev–Trinajstić information content (AvgIpc) is 4.21. The summed E-state index contributed by atoms with van der Waals surface area (Å²) in [6, 6.07) is 8.00. The van der Waals surface area contributed by atoms with Crippen LogP contribution in [0.25, 0.3) is 20.2 Å². The number of carbonyl (C=O) groups excluding carboxylic acids is 6. The number of aldehydes is 1. The van der Waals surface area contributed by atoms with E-state index in [0.29, 0.717) is 15.8 Å². The molecular formula is C52H70BClF6N4NaO11S2. The van der Waals surface area contributed by atoms with Gasteiger partial charge in [0.05, 0.1) is 33.3 Å². The van der Waals surface area contributed by atoms with Gasteiger partial charge in [0.1, 0.15) is 17.5 Å². The molecule has 429 valence electrons. The first-order valence-corrected chi connectivity index (χ1v) is 25.9. The summed E-state index contributed by atoms with van der Waals surface area (Å²) in [6.07, 6.45) is -1.76. The molecule has 15 nitrogen and oxygen atoms in total. The number of alkyl halides is 6. The van der Waals surface area contributed by atoms with Crippen molar-refractivity contribution in [3.8, 4) is 0 Å². The van der Waals surface area contributed by atoms with Crippen molar-refractivity contribution in [2.75, 3.05) is 68.7 Å². The summed E-state index contributed by atoms with van der Waals surface area (Å²) in [5.74, 6) is -1.41. The SMILES string of the molecule is CC(=O)OC(C)=O.CC(C)(C)OC(=O)C1(CC=O)CC1.CC(C)(C)OC(=O)C1(CCN2CCN(c3csc4cc(C(F)(F)F)ccc34)CC2)CC1.C[C-]=O.Cl.FC(F)(F)c1ccc2c(N3CCNCC3)csc2c1.O.[B]=O.[Na+]. The molecule has 4 heterocycles. The van der Waals surface area contributed by atoms with Gasteiger partial charge in [0, 0.05) is 104 Å². The van der Waals surface area contributed by atoms with Crippen molar-refractivity contribution in [1.29, 1.82) is 0 Å². The first kappa shape index (κ1) is 74.0. The van der Waals surface area contributed by atoms with E-state index in [1.165, 1.54) is 74.0 Å². The Morgan fingerprint density at radius 1 is 0.692 bits per heavy atom. The number of rotatable bonds is 9. The molecule has 2 aliphatic carbocycles. The molecule has 0 amide bonds. The summed E-state index contributed by atoms with van der Waals surface area (Å²) >= 11 is 2.74. The molecule has 0 spiro atoms. The third-order valence-corrected chi connectivity index (χ3v) is 13.8. The van der Waals surface area contributed by atoms with Gasteiger partial charge in [-0.05, 0) is 104 Å². The molecule has 2 aromatic heterocycles. The van der Waals surface area contributed by atoms with Gasteiger partial charge < -0.3 is 44.4 Å². The van der Waals surface area contributed by atoms with Crippen LogP contribution < -0.4 is 44.7 Å². The van der Waals surface area contributed by atoms with E-state index in [0.717, 1.165) is 119 Å². The second-order valence-corrected chi connectivity index (χ2v) is 22.0. The zero-order valence-corrected chi connectivity index (χ0v) is 50.2. The summed E-state index contributed by atoms with van der Waals surface area (Å²) in [5.41, 5.74) is -0.779. The van der Waals surface area contributed by atoms with Gasteiger partial charge in [-0.3, -0.25) is 30.4 Å². The Balaban J connectivity index is 0.00000108. The van der Waals surface area contributed by atoms with Crippen molar-refractivity contribution < 1.29 is 109 Å². The molecule has 4 fully saturated rings. The molecule has 0 unspecified atom stereocenters. The molecule has 0 atom stereocenters. The first-order chi connectivity index (χ1) is 35.0. The standard InChI is InChI=1S/C23H29F3N2O2S.C13H13F3N2S.C10H16O3.C4H6O3.C2H3O.BO.ClH.Na.H2O/c1-21(2,3)30-20(29)22(6-7-22)8-9-27-10-12-28(13-11-27)18-15-31-19-14-16(23(24,25)26)4-5-17(18)19;14-13(15,16)9-1-2-10-11(8-19-12(10)7-9)18-5-3-17-4-6-18;1-9(2,3)13-8(12)10(4-5-10)6-7-11;1-3(5)7-4(2)6;1-2-3;1-2;;;/h4-5,14-15H,6-13H2,1-3H3;1-2,7-8,17H,3-6H2;7H,4-6H2,1-3H3;1-2H3;1H3;;1H;;1H2/q;;;;-1;;;+1;. The molecule has 2 aliphatic heterocycles. The Morgan fingerprint density at radius 2 is 1.06 bits per heavy atom. The van der Waals surface area contributed by atoms with Crippen molar-refractivity contribution in [3.05, 3.63) is 58.3 Å². The van der Waals surface area contributed by atoms with Crippen LogP contribution in [0.2, 0.25) is 0 Å². The molecule has 0 bridgehead atoms. The number of thiophene rings is 2. The van der Waals surface area contributed by atoms with E-state index in [1.54, 1.807) is 12.1 Å². The fourth-order valence-electron chi connectivity index (χ4n) is 7.85. The molecular weight excluding hydrogens is 1100 g/mol. The Hall–Kier alpha value is -4.01. The quantitative estimate of drug-likeness (QED) is 0.0345. The number of anilines is 2. The molecule has 4 aromatic rings. The summed E-state index contributed by atoms with van der Waals surface area (Å²) in [4.78, 5) is 69.5. The second kappa shape index (κ2) is 32.4. The number of halogens is 7. The maximum atomic E-state index is 13.0. The molecule has 2 saturated carbocycles. The van der Waals surface area contributed by atoms with E-state index in [1.807, 2.05) is 52.3 Å². The van der Waals surface area contributed by atoms with Crippen molar-refractivity contribution >= 4 is 111 Å². The molecule has 2 saturated heterocycles. The number of benzene rings is 2. The number of piperazine rings is 2. The van der Waals surface area contributed by atoms with Gasteiger partial charge >= 0.3 is 78.2 Å². The van der Waals surface area contributed by atoms with Crippen molar-refractivity contribution in [2.45, 2.75) is 124 Å². The zero-order valence-electron chi connectivity index (χ0n) is 45.8. The number of hydrogen-bond donors (Lipinski definition) is 1. The van der Waals surface area contributed by atoms with Crippen LogP contribution in [0.3, 0.4) is 0 Å². The number of ether oxygens (including phenoxy) is 3. The summed E-state index contributed by atoms with van der Waals surface area (Å²) in [6.45, 7) is 22.8. The number of nitrogens with zero attached hydrogens (tertiary/aromatic N) is 3. The monoisotopic (exact) mass is 1170 g/mol. The minimum absolute atomic E-state index is 0. The van der Waals surface area contributed by atoms with Gasteiger partial charge in [-0.25, -0.2) is 0 Å². The van der Waals surface area contributed by atoms with Crippen LogP contribution in [0.1, 0.15) is 112 Å². The van der Waals surface area contributed by atoms with Crippen molar-refractivity contribution in [1.82, 2.24) is 10.2 Å². The number of hydrogen-bond acceptors (Lipinski definition) is 16. The van der Waals surface area contributed by atoms with Crippen LogP contribution in [0, 0.1) is 10.8 Å². The van der Waals surface area contributed by atoms with Crippen LogP contribution in [-0.2, 0) is 60.0 Å². The van der Waals surface area contributed by atoms with Crippen LogP contribution >= 0.6 is 35.1 Å². The van der Waals surface area contributed by atoms with E-state index in [4.69, 9.17) is 19.0 Å². The normalized spacial score (nSPS) is 16.1. The third kappa shape index (κ3) is 23.6. The van der Waals surface area contributed by atoms with Gasteiger partial charge in [0.2, 0.25) is 0 Å². The Labute approximate surface area is 489 Å². The summed E-state index contributed by atoms with van der Waals surface area (Å²) in [7, 11) is 3.25. The van der Waals surface area contributed by atoms with Crippen LogP contribution in [0.4, 0.5) is 37.7 Å². The largest absolute Gasteiger partial charge is 1.00 e. The maximum absolute atomic E-state index is 13.0.